The maximum Gasteiger partial charge on any atom is 0.295 e. The van der Waals surface area contributed by atoms with Crippen molar-refractivity contribution in [2.45, 2.75) is 45.1 Å². The monoisotopic (exact) mass is 544 g/mol. The molecule has 0 radical (unpaired) electrons. The normalized spacial score (nSPS) is 24.8. The highest BCUT2D eigenvalue weighted by Crippen LogP contribution is 2.42. The lowest BCUT2D eigenvalue weighted by Gasteiger charge is -2.41. The molecule has 0 unspecified atom stereocenters. The van der Waals surface area contributed by atoms with Crippen LogP contribution in [0.15, 0.2) is 29.2 Å². The number of hydrogen-bond donors (Lipinski definition) is 2. The molecule has 8 nitrogen and oxygen atoms in total. The van der Waals surface area contributed by atoms with Crippen molar-refractivity contribution >= 4 is 45.6 Å². The topological polar surface area (TPSA) is 84.3 Å². The van der Waals surface area contributed by atoms with Crippen molar-refractivity contribution in [3.05, 3.63) is 39.8 Å². The first-order chi connectivity index (χ1) is 18.1. The molecular weight excluding hydrogens is 514 g/mol. The number of rotatable bonds is 4. The fourth-order valence-corrected chi connectivity index (χ4v) is 5.77. The van der Waals surface area contributed by atoms with Gasteiger partial charge in [0.1, 0.15) is 5.02 Å². The molecule has 2 aliphatic heterocycles. The van der Waals surface area contributed by atoms with Crippen LogP contribution in [0.25, 0.3) is 10.9 Å². The van der Waals surface area contributed by atoms with Gasteiger partial charge in [0.25, 0.3) is 11.5 Å². The lowest BCUT2D eigenvalue weighted by Crippen LogP contribution is -2.52. The molecule has 3 aromatic rings. The second kappa shape index (κ2) is 9.25. The first-order valence-corrected chi connectivity index (χ1v) is 13.5. The van der Waals surface area contributed by atoms with Crippen LogP contribution in [0.1, 0.15) is 33.1 Å². The molecule has 0 amide bonds. The van der Waals surface area contributed by atoms with Crippen molar-refractivity contribution in [1.82, 2.24) is 14.5 Å². The van der Waals surface area contributed by atoms with Crippen LogP contribution in [0, 0.1) is 17.8 Å². The van der Waals surface area contributed by atoms with Crippen LogP contribution in [0.5, 0.6) is 5.75 Å². The fourth-order valence-electron chi connectivity index (χ4n) is 5.64. The zero-order chi connectivity index (χ0) is 26.8. The minimum Gasteiger partial charge on any atom is -0.486 e. The summed E-state index contributed by atoms with van der Waals surface area (Å²) in [6.07, 6.45) is 4.70. The summed E-state index contributed by atoms with van der Waals surface area (Å²) in [6.45, 7) is 3.91. The predicted molar refractivity (Wildman–Crippen MR) is 145 cm³/mol. The molecule has 38 heavy (non-hydrogen) atoms. The van der Waals surface area contributed by atoms with Crippen LogP contribution in [0.3, 0.4) is 0 Å². The van der Waals surface area contributed by atoms with Gasteiger partial charge in [-0.25, -0.2) is 13.8 Å². The van der Waals surface area contributed by atoms with Crippen LogP contribution >= 0.6 is 11.6 Å². The maximum absolute atomic E-state index is 14.4. The number of fused-ring (bicyclic) bond motifs is 3. The molecule has 1 saturated carbocycles. The molecular formula is C27H31ClF2N6O2. The number of halogens is 3. The van der Waals surface area contributed by atoms with E-state index in [1.807, 2.05) is 18.2 Å². The maximum atomic E-state index is 14.4. The number of aryl methyl sites for hydroxylation is 1. The molecule has 4 heterocycles. The number of ether oxygens (including phenoxy) is 1. The average Bonchev–Trinajstić information content (AvgIpc) is 3.74. The van der Waals surface area contributed by atoms with Gasteiger partial charge in [-0.05, 0) is 37.0 Å². The minimum atomic E-state index is -2.73. The molecule has 6 rings (SSSR count). The second-order valence-corrected chi connectivity index (χ2v) is 11.3. The van der Waals surface area contributed by atoms with Gasteiger partial charge >= 0.3 is 0 Å². The Kier molecular flexibility index (Phi) is 6.13. The summed E-state index contributed by atoms with van der Waals surface area (Å²) >= 11 is 6.45. The highest BCUT2D eigenvalue weighted by Gasteiger charge is 2.47. The first kappa shape index (κ1) is 25.2. The third-order valence-corrected chi connectivity index (χ3v) is 8.41. The summed E-state index contributed by atoms with van der Waals surface area (Å²) in [5, 5.41) is 8.05. The van der Waals surface area contributed by atoms with Crippen LogP contribution in [0.2, 0.25) is 5.02 Å². The molecule has 202 valence electrons. The Morgan fingerprint density at radius 3 is 2.63 bits per heavy atom. The number of anilines is 4. The predicted octanol–water partition coefficient (Wildman–Crippen LogP) is 5.43. The molecule has 1 saturated heterocycles. The fraction of sp³-hybridized carbons (Fsp3) is 0.519. The van der Waals surface area contributed by atoms with Crippen molar-refractivity contribution in [2.75, 3.05) is 35.2 Å². The third kappa shape index (κ3) is 4.32. The Hall–Kier alpha value is -3.14. The van der Waals surface area contributed by atoms with Crippen molar-refractivity contribution in [3.8, 4) is 5.75 Å². The standard InChI is InChI=1S/C27H31ClF2N6O2/c1-14-12-36(13-15(2)27(14,29)30)26-31-11-19(28)24(34-26)32-17-6-7-21-18(10-17)22-23(25(37)35(21)3)38-9-8-20(33-22)16-4-5-16/h6-7,10-11,14-16,20,33H,4-5,8-9,12-13H2,1-3H3,(H,31,32,34)/t14-,15+,20-/m1/s1. The summed E-state index contributed by atoms with van der Waals surface area (Å²) in [5.41, 5.74) is 2.04. The number of aromatic nitrogens is 3. The highest BCUT2D eigenvalue weighted by molar-refractivity contribution is 6.32. The van der Waals surface area contributed by atoms with Crippen LogP contribution in [-0.4, -0.2) is 46.2 Å². The summed E-state index contributed by atoms with van der Waals surface area (Å²) < 4.78 is 36.3. The van der Waals surface area contributed by atoms with E-state index in [2.05, 4.69) is 20.6 Å². The van der Waals surface area contributed by atoms with Crippen LogP contribution < -0.4 is 25.8 Å². The Bertz CT molecular complexity index is 1450. The molecule has 11 heteroatoms. The molecule has 2 fully saturated rings. The number of alkyl halides is 2. The van der Waals surface area contributed by atoms with Gasteiger partial charge < -0.3 is 24.8 Å². The quantitative estimate of drug-likeness (QED) is 0.453. The summed E-state index contributed by atoms with van der Waals surface area (Å²) in [6, 6.07) is 5.95. The van der Waals surface area contributed by atoms with Crippen molar-refractivity contribution in [2.24, 2.45) is 24.8 Å². The summed E-state index contributed by atoms with van der Waals surface area (Å²) in [7, 11) is 1.74. The largest absolute Gasteiger partial charge is 0.486 e. The van der Waals surface area contributed by atoms with E-state index in [4.69, 9.17) is 16.3 Å². The van der Waals surface area contributed by atoms with E-state index in [0.717, 1.165) is 17.3 Å². The zero-order valence-corrected chi connectivity index (χ0v) is 22.4. The summed E-state index contributed by atoms with van der Waals surface area (Å²) in [4.78, 5) is 23.8. The molecule has 0 bridgehead atoms. The van der Waals surface area contributed by atoms with Gasteiger partial charge in [-0.2, -0.15) is 4.98 Å². The number of piperidine rings is 1. The van der Waals surface area contributed by atoms with Crippen LogP contribution in [0.4, 0.5) is 31.9 Å². The van der Waals surface area contributed by atoms with Gasteiger partial charge in [-0.3, -0.25) is 4.79 Å². The molecule has 2 aromatic heterocycles. The number of nitrogens with zero attached hydrogens (tertiary/aromatic N) is 4. The van der Waals surface area contributed by atoms with Crippen molar-refractivity contribution in [3.63, 3.8) is 0 Å². The van der Waals surface area contributed by atoms with E-state index in [-0.39, 0.29) is 24.7 Å². The minimum absolute atomic E-state index is 0.155. The summed E-state index contributed by atoms with van der Waals surface area (Å²) in [5.74, 6) is -2.70. The van der Waals surface area contributed by atoms with E-state index < -0.39 is 17.8 Å². The Morgan fingerprint density at radius 1 is 1.18 bits per heavy atom. The smallest absolute Gasteiger partial charge is 0.295 e. The highest BCUT2D eigenvalue weighted by atomic mass is 35.5. The van der Waals surface area contributed by atoms with Crippen molar-refractivity contribution in [1.29, 1.82) is 0 Å². The molecule has 3 atom stereocenters. The number of nitrogens with one attached hydrogen (secondary N) is 2. The third-order valence-electron chi connectivity index (χ3n) is 8.13. The van der Waals surface area contributed by atoms with E-state index in [1.54, 1.807) is 30.4 Å². The van der Waals surface area contributed by atoms with Gasteiger partial charge in [0.2, 0.25) is 11.7 Å². The van der Waals surface area contributed by atoms with Gasteiger partial charge in [0, 0.05) is 55.5 Å². The zero-order valence-electron chi connectivity index (χ0n) is 21.6. The number of pyridine rings is 1. The number of benzene rings is 1. The van der Waals surface area contributed by atoms with E-state index in [1.165, 1.54) is 19.0 Å². The van der Waals surface area contributed by atoms with Gasteiger partial charge in [0.15, 0.2) is 5.82 Å². The van der Waals surface area contributed by atoms with Gasteiger partial charge in [-0.15, -0.1) is 0 Å². The lowest BCUT2D eigenvalue weighted by molar-refractivity contribution is -0.105. The van der Waals surface area contributed by atoms with Crippen LogP contribution in [-0.2, 0) is 7.05 Å². The Morgan fingerprint density at radius 2 is 1.92 bits per heavy atom. The molecule has 1 aliphatic carbocycles. The lowest BCUT2D eigenvalue weighted by atomic mass is 9.87. The van der Waals surface area contributed by atoms with Crippen molar-refractivity contribution < 1.29 is 13.5 Å². The molecule has 0 spiro atoms. The van der Waals surface area contributed by atoms with E-state index >= 15 is 0 Å². The van der Waals surface area contributed by atoms with Gasteiger partial charge in [-0.1, -0.05) is 25.4 Å². The Balaban J connectivity index is 1.34. The molecule has 3 aliphatic rings. The molecule has 1 aromatic carbocycles. The Labute approximate surface area is 224 Å². The van der Waals surface area contributed by atoms with Gasteiger partial charge in [0.05, 0.1) is 24.0 Å². The number of hydrogen-bond acceptors (Lipinski definition) is 7. The van der Waals surface area contributed by atoms with E-state index in [9.17, 15) is 13.6 Å². The van der Waals surface area contributed by atoms with E-state index in [0.29, 0.717) is 46.4 Å². The average molecular weight is 545 g/mol. The SMILES string of the molecule is C[C@@H]1CN(c2ncc(Cl)c(Nc3ccc4c(c3)c3c(c(=O)n4C)OCC[C@H](C4CC4)N3)n2)C[C@H](C)C1(F)F. The molecule has 2 N–H and O–H groups in total. The second-order valence-electron chi connectivity index (χ2n) is 10.9. The first-order valence-electron chi connectivity index (χ1n) is 13.1.